The molecule has 0 saturated carbocycles. The maximum Gasteiger partial charge on any atom is 0.337 e. The molecule has 0 aromatic heterocycles. The molecule has 4 nitrogen and oxygen atoms in total. The van der Waals surface area contributed by atoms with Gasteiger partial charge in [0.15, 0.2) is 0 Å². The number of ether oxygens (including phenoxy) is 2. The predicted octanol–water partition coefficient (Wildman–Crippen LogP) is 0.826. The normalized spacial score (nSPS) is 8.94. The van der Waals surface area contributed by atoms with Crippen molar-refractivity contribution in [3.8, 4) is 17.6 Å². The Morgan fingerprint density at radius 3 is 2.75 bits per heavy atom. The summed E-state index contributed by atoms with van der Waals surface area (Å²) < 4.78 is 9.67. The Labute approximate surface area is 93.8 Å². The Balaban J connectivity index is 3.15. The fraction of sp³-hybridized carbons (Fsp3) is 0.250. The largest absolute Gasteiger partial charge is 0.495 e. The maximum absolute atomic E-state index is 11.3. The van der Waals surface area contributed by atoms with Gasteiger partial charge in [0.25, 0.3) is 0 Å². The molecule has 0 atom stereocenters. The second-order valence-corrected chi connectivity index (χ2v) is 2.87. The zero-order chi connectivity index (χ0) is 12.0. The zero-order valence-electron chi connectivity index (χ0n) is 9.11. The highest BCUT2D eigenvalue weighted by Crippen LogP contribution is 2.19. The minimum atomic E-state index is -0.435. The summed E-state index contributed by atoms with van der Waals surface area (Å²) in [5.74, 6) is 5.31. The molecule has 0 radical (unpaired) electrons. The summed E-state index contributed by atoms with van der Waals surface area (Å²) in [5.41, 5.74) is 0.935. The van der Waals surface area contributed by atoms with Gasteiger partial charge in [0.1, 0.15) is 12.4 Å². The highest BCUT2D eigenvalue weighted by Gasteiger charge is 2.08. The van der Waals surface area contributed by atoms with Crippen LogP contribution in [0.5, 0.6) is 5.75 Å². The smallest absolute Gasteiger partial charge is 0.337 e. The zero-order valence-corrected chi connectivity index (χ0v) is 9.11. The van der Waals surface area contributed by atoms with Gasteiger partial charge in [-0.3, -0.25) is 0 Å². The van der Waals surface area contributed by atoms with Crippen molar-refractivity contribution >= 4 is 5.97 Å². The molecule has 0 unspecified atom stereocenters. The molecule has 16 heavy (non-hydrogen) atoms. The Kier molecular flexibility index (Phi) is 4.37. The summed E-state index contributed by atoms with van der Waals surface area (Å²) in [4.78, 5) is 11.3. The van der Waals surface area contributed by atoms with Crippen LogP contribution in [0.2, 0.25) is 0 Å². The van der Waals surface area contributed by atoms with Gasteiger partial charge < -0.3 is 14.6 Å². The van der Waals surface area contributed by atoms with Gasteiger partial charge in [-0.15, -0.1) is 0 Å². The fourth-order valence-corrected chi connectivity index (χ4v) is 1.19. The third kappa shape index (κ3) is 2.75. The highest BCUT2D eigenvalue weighted by molar-refractivity contribution is 5.90. The lowest BCUT2D eigenvalue weighted by Crippen LogP contribution is -2.02. The van der Waals surface area contributed by atoms with Crippen molar-refractivity contribution < 1.29 is 19.4 Å². The quantitative estimate of drug-likeness (QED) is 0.592. The highest BCUT2D eigenvalue weighted by atomic mass is 16.5. The van der Waals surface area contributed by atoms with E-state index in [9.17, 15) is 4.79 Å². The number of aliphatic hydroxyl groups is 1. The second-order valence-electron chi connectivity index (χ2n) is 2.87. The SMILES string of the molecule is COC(=O)c1ccc(OC)c(C#CCO)c1. The summed E-state index contributed by atoms with van der Waals surface area (Å²) >= 11 is 0. The van der Waals surface area contributed by atoms with Gasteiger partial charge in [-0.2, -0.15) is 0 Å². The number of rotatable bonds is 2. The van der Waals surface area contributed by atoms with Gasteiger partial charge in [-0.25, -0.2) is 4.79 Å². The molecule has 0 fully saturated rings. The molecule has 0 heterocycles. The summed E-state index contributed by atoms with van der Waals surface area (Å²) in [6, 6.07) is 4.79. The number of hydrogen-bond donors (Lipinski definition) is 1. The number of benzene rings is 1. The van der Waals surface area contributed by atoms with E-state index < -0.39 is 5.97 Å². The van der Waals surface area contributed by atoms with Crippen LogP contribution >= 0.6 is 0 Å². The molecular formula is C12H12O4. The van der Waals surface area contributed by atoms with Crippen LogP contribution in [-0.4, -0.2) is 31.9 Å². The van der Waals surface area contributed by atoms with E-state index in [2.05, 4.69) is 16.6 Å². The number of aliphatic hydroxyl groups excluding tert-OH is 1. The van der Waals surface area contributed by atoms with Crippen LogP contribution in [0.25, 0.3) is 0 Å². The molecule has 0 saturated heterocycles. The third-order valence-electron chi connectivity index (χ3n) is 1.92. The van der Waals surface area contributed by atoms with Crippen LogP contribution < -0.4 is 4.74 Å². The Hall–Kier alpha value is -1.99. The van der Waals surface area contributed by atoms with Crippen LogP contribution in [0.3, 0.4) is 0 Å². The van der Waals surface area contributed by atoms with E-state index in [1.54, 1.807) is 18.2 Å². The van der Waals surface area contributed by atoms with Gasteiger partial charge in [-0.1, -0.05) is 11.8 Å². The first kappa shape index (κ1) is 12.1. The van der Waals surface area contributed by atoms with Crippen molar-refractivity contribution in [1.29, 1.82) is 0 Å². The number of carbonyl (C=O) groups excluding carboxylic acids is 1. The fourth-order valence-electron chi connectivity index (χ4n) is 1.19. The van der Waals surface area contributed by atoms with Crippen LogP contribution in [0.1, 0.15) is 15.9 Å². The van der Waals surface area contributed by atoms with Crippen molar-refractivity contribution in [2.24, 2.45) is 0 Å². The Morgan fingerprint density at radius 2 is 2.19 bits per heavy atom. The summed E-state index contributed by atoms with van der Waals surface area (Å²) in [6.45, 7) is -0.244. The molecule has 0 bridgehead atoms. The van der Waals surface area contributed by atoms with E-state index in [0.29, 0.717) is 16.9 Å². The molecule has 1 rings (SSSR count). The molecule has 4 heteroatoms. The lowest BCUT2D eigenvalue weighted by molar-refractivity contribution is 0.0600. The number of esters is 1. The number of carbonyl (C=O) groups is 1. The summed E-state index contributed by atoms with van der Waals surface area (Å²) in [5, 5.41) is 8.61. The Morgan fingerprint density at radius 1 is 1.44 bits per heavy atom. The molecule has 0 aliphatic rings. The number of methoxy groups -OCH3 is 2. The second kappa shape index (κ2) is 5.79. The first-order valence-electron chi connectivity index (χ1n) is 4.59. The average Bonchev–Trinajstić information content (AvgIpc) is 2.34. The van der Waals surface area contributed by atoms with E-state index >= 15 is 0 Å². The molecule has 0 aliphatic heterocycles. The number of hydrogen-bond acceptors (Lipinski definition) is 4. The average molecular weight is 220 g/mol. The molecule has 0 spiro atoms. The van der Waals surface area contributed by atoms with Crippen LogP contribution in [0.4, 0.5) is 0 Å². The van der Waals surface area contributed by atoms with Crippen molar-refractivity contribution in [3.63, 3.8) is 0 Å². The first-order chi connectivity index (χ1) is 7.72. The van der Waals surface area contributed by atoms with Crippen molar-refractivity contribution in [3.05, 3.63) is 29.3 Å². The minimum absolute atomic E-state index is 0.244. The summed E-state index contributed by atoms with van der Waals surface area (Å²) in [7, 11) is 2.82. The first-order valence-corrected chi connectivity index (χ1v) is 4.59. The molecule has 1 aromatic carbocycles. The molecule has 84 valence electrons. The Bertz CT molecular complexity index is 440. The molecule has 1 aromatic rings. The molecular weight excluding hydrogens is 208 g/mol. The van der Waals surface area contributed by atoms with Crippen molar-refractivity contribution in [2.75, 3.05) is 20.8 Å². The van der Waals surface area contributed by atoms with Crippen LogP contribution in [0.15, 0.2) is 18.2 Å². The van der Waals surface area contributed by atoms with Gasteiger partial charge >= 0.3 is 5.97 Å². The monoisotopic (exact) mass is 220 g/mol. The topological polar surface area (TPSA) is 55.8 Å². The van der Waals surface area contributed by atoms with Crippen molar-refractivity contribution in [2.45, 2.75) is 0 Å². The predicted molar refractivity (Wildman–Crippen MR) is 58.3 cm³/mol. The van der Waals surface area contributed by atoms with Crippen LogP contribution in [0, 0.1) is 11.8 Å². The lowest BCUT2D eigenvalue weighted by Gasteiger charge is -2.05. The molecule has 1 N–H and O–H groups in total. The van der Waals surface area contributed by atoms with Crippen LogP contribution in [-0.2, 0) is 4.74 Å². The maximum atomic E-state index is 11.3. The van der Waals surface area contributed by atoms with Crippen molar-refractivity contribution in [1.82, 2.24) is 0 Å². The van der Waals surface area contributed by atoms with E-state index in [-0.39, 0.29) is 6.61 Å². The van der Waals surface area contributed by atoms with Gasteiger partial charge in [0, 0.05) is 0 Å². The van der Waals surface area contributed by atoms with E-state index in [0.717, 1.165) is 0 Å². The lowest BCUT2D eigenvalue weighted by atomic mass is 10.1. The molecule has 0 amide bonds. The van der Waals surface area contributed by atoms with E-state index in [4.69, 9.17) is 9.84 Å². The van der Waals surface area contributed by atoms with E-state index in [1.165, 1.54) is 14.2 Å². The van der Waals surface area contributed by atoms with E-state index in [1.807, 2.05) is 0 Å². The summed E-state index contributed by atoms with van der Waals surface area (Å²) in [6.07, 6.45) is 0. The van der Waals surface area contributed by atoms with Gasteiger partial charge in [0.05, 0.1) is 25.3 Å². The van der Waals surface area contributed by atoms with Gasteiger partial charge in [0.2, 0.25) is 0 Å². The minimum Gasteiger partial charge on any atom is -0.495 e. The van der Waals surface area contributed by atoms with Gasteiger partial charge in [-0.05, 0) is 18.2 Å². The third-order valence-corrected chi connectivity index (χ3v) is 1.92. The molecule has 0 aliphatic carbocycles. The standard InChI is InChI=1S/C12H12O4/c1-15-11-6-5-10(12(14)16-2)8-9(11)4-3-7-13/h5-6,8,13H,7H2,1-2H3.